The highest BCUT2D eigenvalue weighted by Crippen LogP contribution is 2.28. The van der Waals surface area contributed by atoms with E-state index >= 15 is 0 Å². The second-order valence-corrected chi connectivity index (χ2v) is 9.21. The zero-order valence-electron chi connectivity index (χ0n) is 17.9. The van der Waals surface area contributed by atoms with E-state index in [-0.39, 0.29) is 17.7 Å². The van der Waals surface area contributed by atoms with Gasteiger partial charge >= 0.3 is 6.03 Å². The van der Waals surface area contributed by atoms with Crippen molar-refractivity contribution in [3.05, 3.63) is 24.2 Å². The Hall–Kier alpha value is -2.49. The second-order valence-electron chi connectivity index (χ2n) is 8.26. The summed E-state index contributed by atoms with van der Waals surface area (Å²) in [6.45, 7) is 10.5. The first-order chi connectivity index (χ1) is 14.3. The lowest BCUT2D eigenvalue weighted by atomic mass is 9.92. The summed E-state index contributed by atoms with van der Waals surface area (Å²) in [6.07, 6.45) is 2.83. The fraction of sp³-hybridized carbons (Fsp3) is 0.600. The molecule has 0 aliphatic carbocycles. The normalized spacial score (nSPS) is 19.2. The number of nitrogens with one attached hydrogen (secondary N) is 2. The summed E-state index contributed by atoms with van der Waals surface area (Å²) in [7, 11) is 0. The summed E-state index contributed by atoms with van der Waals surface area (Å²) < 4.78 is 7.51. The molecule has 2 atom stereocenters. The van der Waals surface area contributed by atoms with Gasteiger partial charge < -0.3 is 14.6 Å². The number of aromatic nitrogens is 3. The number of furan rings is 1. The highest BCUT2D eigenvalue weighted by Gasteiger charge is 2.27. The summed E-state index contributed by atoms with van der Waals surface area (Å²) >= 11 is 1.25. The molecule has 3 heterocycles. The van der Waals surface area contributed by atoms with Crippen LogP contribution in [-0.4, -0.2) is 51.6 Å². The van der Waals surface area contributed by atoms with Gasteiger partial charge in [-0.2, -0.15) is 0 Å². The van der Waals surface area contributed by atoms with E-state index in [0.29, 0.717) is 23.5 Å². The first kappa shape index (κ1) is 22.2. The topological polar surface area (TPSA) is 105 Å². The monoisotopic (exact) mass is 434 g/mol. The maximum atomic E-state index is 12.2. The minimum atomic E-state index is -0.496. The van der Waals surface area contributed by atoms with Crippen LogP contribution in [0.1, 0.15) is 39.9 Å². The Morgan fingerprint density at radius 2 is 2.00 bits per heavy atom. The lowest BCUT2D eigenvalue weighted by Gasteiger charge is -2.35. The van der Waals surface area contributed by atoms with Crippen LogP contribution in [0.25, 0.3) is 0 Å². The van der Waals surface area contributed by atoms with E-state index in [1.54, 1.807) is 6.26 Å². The number of hydrogen-bond acceptors (Lipinski definition) is 7. The molecular formula is C20H30N6O3S. The third-order valence-electron chi connectivity index (χ3n) is 4.75. The molecule has 0 bridgehead atoms. The largest absolute Gasteiger partial charge is 0.467 e. The Bertz CT molecular complexity index is 841. The fourth-order valence-electron chi connectivity index (χ4n) is 3.74. The Morgan fingerprint density at radius 1 is 1.27 bits per heavy atom. The van der Waals surface area contributed by atoms with Crippen LogP contribution in [0.2, 0.25) is 0 Å². The number of piperidine rings is 1. The van der Waals surface area contributed by atoms with E-state index < -0.39 is 6.03 Å². The van der Waals surface area contributed by atoms with Gasteiger partial charge in [-0.25, -0.2) is 4.79 Å². The molecule has 3 rings (SSSR count). The molecule has 0 aromatic carbocycles. The van der Waals surface area contributed by atoms with Crippen LogP contribution in [-0.2, 0) is 11.3 Å². The fourth-order valence-corrected chi connectivity index (χ4v) is 4.47. The summed E-state index contributed by atoms with van der Waals surface area (Å²) in [4.78, 5) is 26.1. The van der Waals surface area contributed by atoms with E-state index in [1.807, 2.05) is 30.5 Å². The van der Waals surface area contributed by atoms with Gasteiger partial charge in [0.25, 0.3) is 0 Å². The predicted octanol–water partition coefficient (Wildman–Crippen LogP) is 2.73. The van der Waals surface area contributed by atoms with E-state index in [2.05, 4.69) is 39.6 Å². The summed E-state index contributed by atoms with van der Waals surface area (Å²) in [6, 6.07) is 3.21. The van der Waals surface area contributed by atoms with Gasteiger partial charge in [-0.15, -0.1) is 10.2 Å². The van der Waals surface area contributed by atoms with Gasteiger partial charge in [-0.3, -0.25) is 14.7 Å². The molecule has 9 nitrogen and oxygen atoms in total. The van der Waals surface area contributed by atoms with Crippen molar-refractivity contribution in [2.24, 2.45) is 11.8 Å². The van der Waals surface area contributed by atoms with Crippen molar-refractivity contribution in [1.29, 1.82) is 0 Å². The van der Waals surface area contributed by atoms with Crippen LogP contribution in [0.15, 0.2) is 28.0 Å². The van der Waals surface area contributed by atoms with Crippen molar-refractivity contribution in [1.82, 2.24) is 25.4 Å². The lowest BCUT2D eigenvalue weighted by molar-refractivity contribution is -0.117. The third-order valence-corrected chi connectivity index (χ3v) is 5.71. The highest BCUT2D eigenvalue weighted by molar-refractivity contribution is 7.99. The number of urea groups is 1. The maximum absolute atomic E-state index is 12.2. The molecule has 10 heteroatoms. The van der Waals surface area contributed by atoms with Gasteiger partial charge in [0, 0.05) is 19.1 Å². The molecule has 1 aliphatic rings. The molecule has 2 aromatic rings. The summed E-state index contributed by atoms with van der Waals surface area (Å²) in [5, 5.41) is 14.4. The summed E-state index contributed by atoms with van der Waals surface area (Å²) in [5.41, 5.74) is 0. The second kappa shape index (κ2) is 10.0. The number of amides is 3. The third kappa shape index (κ3) is 6.01. The van der Waals surface area contributed by atoms with Gasteiger partial charge in [0.1, 0.15) is 5.76 Å². The van der Waals surface area contributed by atoms with Crippen LogP contribution in [0.4, 0.5) is 10.7 Å². The molecule has 3 amide bonds. The minimum absolute atomic E-state index is 0.0428. The molecule has 164 valence electrons. The molecule has 0 spiro atoms. The Labute approximate surface area is 181 Å². The standard InChI is InChI=1S/C20H30N6O3S/c1-13(2)21-18(28)22-17(27)12-30-20-24-23-19(25-9-14(3)8-15(4)10-25)26(20)11-16-6-5-7-29-16/h5-7,13-15H,8-12H2,1-4H3,(H2,21,22,27,28)/t14-,15-/m0/s1. The minimum Gasteiger partial charge on any atom is -0.467 e. The molecule has 0 saturated carbocycles. The number of carbonyl (C=O) groups excluding carboxylic acids is 2. The van der Waals surface area contributed by atoms with Crippen molar-refractivity contribution in [3.63, 3.8) is 0 Å². The number of imide groups is 1. The smallest absolute Gasteiger partial charge is 0.321 e. The zero-order valence-corrected chi connectivity index (χ0v) is 18.7. The van der Waals surface area contributed by atoms with Crippen LogP contribution in [0.5, 0.6) is 0 Å². The van der Waals surface area contributed by atoms with Gasteiger partial charge in [0.2, 0.25) is 11.9 Å². The van der Waals surface area contributed by atoms with E-state index in [0.717, 1.165) is 24.8 Å². The van der Waals surface area contributed by atoms with Crippen molar-refractivity contribution in [2.45, 2.75) is 51.9 Å². The predicted molar refractivity (Wildman–Crippen MR) is 116 cm³/mol. The SMILES string of the molecule is CC(C)NC(=O)NC(=O)CSc1nnc(N2C[C@@H](C)C[C@H](C)C2)n1Cc1ccco1. The maximum Gasteiger partial charge on any atom is 0.321 e. The van der Waals surface area contributed by atoms with Crippen molar-refractivity contribution in [2.75, 3.05) is 23.7 Å². The van der Waals surface area contributed by atoms with Crippen LogP contribution in [0, 0.1) is 11.8 Å². The summed E-state index contributed by atoms with van der Waals surface area (Å²) in [5.74, 6) is 2.40. The van der Waals surface area contributed by atoms with E-state index in [1.165, 1.54) is 18.2 Å². The van der Waals surface area contributed by atoms with Gasteiger partial charge in [0.05, 0.1) is 18.6 Å². The molecule has 1 aliphatic heterocycles. The number of thioether (sulfide) groups is 1. The number of rotatable bonds is 7. The van der Waals surface area contributed by atoms with Crippen molar-refractivity contribution < 1.29 is 14.0 Å². The number of carbonyl (C=O) groups is 2. The van der Waals surface area contributed by atoms with Crippen LogP contribution in [0.3, 0.4) is 0 Å². The molecule has 0 radical (unpaired) electrons. The van der Waals surface area contributed by atoms with Crippen LogP contribution < -0.4 is 15.5 Å². The average molecular weight is 435 g/mol. The number of anilines is 1. The molecule has 0 unspecified atom stereocenters. The van der Waals surface area contributed by atoms with Crippen molar-refractivity contribution >= 4 is 29.6 Å². The van der Waals surface area contributed by atoms with Gasteiger partial charge in [-0.05, 0) is 44.2 Å². The van der Waals surface area contributed by atoms with Gasteiger partial charge in [-0.1, -0.05) is 25.6 Å². The Kier molecular flexibility index (Phi) is 7.41. The van der Waals surface area contributed by atoms with E-state index in [9.17, 15) is 9.59 Å². The molecular weight excluding hydrogens is 404 g/mol. The van der Waals surface area contributed by atoms with E-state index in [4.69, 9.17) is 4.42 Å². The molecule has 30 heavy (non-hydrogen) atoms. The molecule has 1 fully saturated rings. The molecule has 2 N–H and O–H groups in total. The first-order valence-corrected chi connectivity index (χ1v) is 11.2. The van der Waals surface area contributed by atoms with Crippen molar-refractivity contribution in [3.8, 4) is 0 Å². The Balaban J connectivity index is 1.73. The molecule has 1 saturated heterocycles. The average Bonchev–Trinajstić information content (AvgIpc) is 3.29. The highest BCUT2D eigenvalue weighted by atomic mass is 32.2. The number of nitrogens with zero attached hydrogens (tertiary/aromatic N) is 4. The first-order valence-electron chi connectivity index (χ1n) is 10.3. The van der Waals surface area contributed by atoms with Crippen LogP contribution >= 0.6 is 11.8 Å². The quantitative estimate of drug-likeness (QED) is 0.646. The lowest BCUT2D eigenvalue weighted by Crippen LogP contribution is -2.43. The zero-order chi connectivity index (χ0) is 21.7. The van der Waals surface area contributed by atoms with Gasteiger partial charge in [0.15, 0.2) is 5.16 Å². The molecule has 2 aromatic heterocycles. The number of hydrogen-bond donors (Lipinski definition) is 2. The Morgan fingerprint density at radius 3 is 2.63 bits per heavy atom.